The molecule has 0 aliphatic heterocycles. The molecule has 0 amide bonds. The molecular weight excluding hydrogens is 532 g/mol. The smallest absolute Gasteiger partial charge is 0.310 e. The summed E-state index contributed by atoms with van der Waals surface area (Å²) >= 11 is 0. The molecule has 0 unspecified atom stereocenters. The van der Waals surface area contributed by atoms with Gasteiger partial charge in [-0.1, -0.05) is 60.1 Å². The van der Waals surface area contributed by atoms with Gasteiger partial charge in [-0.25, -0.2) is 8.42 Å². The third-order valence-corrected chi connectivity index (χ3v) is 14.8. The summed E-state index contributed by atoms with van der Waals surface area (Å²) in [6.07, 6.45) is 14.8. The second-order valence-corrected chi connectivity index (χ2v) is 19.2. The fourth-order valence-electron chi connectivity index (χ4n) is 11.5. The van der Waals surface area contributed by atoms with Crippen LogP contribution < -0.4 is 0 Å². The molecule has 7 atom stereocenters. The highest BCUT2D eigenvalue weighted by atomic mass is 32.2. The maximum absolute atomic E-state index is 12.9. The average Bonchev–Trinajstić information content (AvgIpc) is 3.25. The van der Waals surface area contributed by atoms with Gasteiger partial charge in [0.15, 0.2) is 0 Å². The molecule has 0 aromatic carbocycles. The molecule has 5 aliphatic rings. The van der Waals surface area contributed by atoms with Crippen LogP contribution in [0.3, 0.4) is 0 Å². The van der Waals surface area contributed by atoms with Crippen LogP contribution in [-0.4, -0.2) is 41.3 Å². The van der Waals surface area contributed by atoms with E-state index in [-0.39, 0.29) is 38.7 Å². The molecule has 41 heavy (non-hydrogen) atoms. The first-order valence-electron chi connectivity index (χ1n) is 16.0. The summed E-state index contributed by atoms with van der Waals surface area (Å²) in [6, 6.07) is 0. The Hall–Kier alpha value is -1.63. The topological polar surface area (TPSA) is 89.3 Å². The standard InChI is InChI=1S/C34H52N2O4S/c1-29(2)13-15-34(28(37)38)16-14-32(6)23(24(34)20-29)9-10-26-31(5)19-22-21-36(17-18-41(8,39)40)35-27(22)30(3,4)25(31)11-12-33(26,32)7/h9,21,24-26H,10-20H2,1-8H3,(H,37,38)/t24-,25-,26+,31-,32+,33+,34-/m0/s1. The first-order chi connectivity index (χ1) is 18.8. The van der Waals surface area contributed by atoms with Gasteiger partial charge in [0.25, 0.3) is 0 Å². The summed E-state index contributed by atoms with van der Waals surface area (Å²) in [5.74, 6) is 0.666. The van der Waals surface area contributed by atoms with Gasteiger partial charge >= 0.3 is 5.97 Å². The Labute approximate surface area is 247 Å². The minimum Gasteiger partial charge on any atom is -0.481 e. The maximum atomic E-state index is 12.9. The number of aromatic nitrogens is 2. The van der Waals surface area contributed by atoms with Crippen molar-refractivity contribution in [3.05, 3.63) is 29.1 Å². The van der Waals surface area contributed by atoms with Gasteiger partial charge in [-0.2, -0.15) is 5.10 Å². The molecule has 5 aliphatic carbocycles. The number of carboxylic acid groups (broad SMARTS) is 1. The van der Waals surface area contributed by atoms with Crippen molar-refractivity contribution in [2.75, 3.05) is 12.0 Å². The number of carboxylic acids is 1. The summed E-state index contributed by atoms with van der Waals surface area (Å²) < 4.78 is 25.6. The summed E-state index contributed by atoms with van der Waals surface area (Å²) in [6.45, 7) is 17.4. The molecule has 0 spiro atoms. The summed E-state index contributed by atoms with van der Waals surface area (Å²) in [5, 5.41) is 15.6. The van der Waals surface area contributed by atoms with Crippen LogP contribution in [0.1, 0.15) is 111 Å². The summed E-state index contributed by atoms with van der Waals surface area (Å²) in [4.78, 5) is 12.9. The van der Waals surface area contributed by atoms with Gasteiger partial charge in [0.1, 0.15) is 9.84 Å². The van der Waals surface area contributed by atoms with Crippen molar-refractivity contribution in [2.24, 2.45) is 44.8 Å². The third kappa shape index (κ3) is 4.02. The second-order valence-electron chi connectivity index (χ2n) is 17.0. The van der Waals surface area contributed by atoms with Crippen molar-refractivity contribution in [3.8, 4) is 0 Å². The van der Waals surface area contributed by atoms with E-state index in [2.05, 4.69) is 60.7 Å². The molecule has 0 bridgehead atoms. The van der Waals surface area contributed by atoms with Crippen LogP contribution in [-0.2, 0) is 33.0 Å². The molecule has 1 aromatic rings. The van der Waals surface area contributed by atoms with Gasteiger partial charge in [-0.05, 0) is 103 Å². The Morgan fingerprint density at radius 1 is 1.02 bits per heavy atom. The number of hydrogen-bond acceptors (Lipinski definition) is 4. The van der Waals surface area contributed by atoms with Gasteiger partial charge in [0.2, 0.25) is 0 Å². The first kappa shape index (κ1) is 29.4. The highest BCUT2D eigenvalue weighted by Crippen LogP contribution is 2.75. The highest BCUT2D eigenvalue weighted by molar-refractivity contribution is 7.90. The lowest BCUT2D eigenvalue weighted by atomic mass is 9.33. The quantitative estimate of drug-likeness (QED) is 0.392. The average molecular weight is 585 g/mol. The zero-order valence-electron chi connectivity index (χ0n) is 26.6. The van der Waals surface area contributed by atoms with Crippen molar-refractivity contribution in [1.82, 2.24) is 9.78 Å². The van der Waals surface area contributed by atoms with E-state index in [9.17, 15) is 18.3 Å². The number of aryl methyl sites for hydroxylation is 1. The Morgan fingerprint density at radius 3 is 2.37 bits per heavy atom. The molecule has 6 nitrogen and oxygen atoms in total. The zero-order chi connectivity index (χ0) is 30.0. The van der Waals surface area contributed by atoms with Crippen LogP contribution in [0.25, 0.3) is 0 Å². The van der Waals surface area contributed by atoms with Gasteiger partial charge in [-0.15, -0.1) is 0 Å². The van der Waals surface area contributed by atoms with Gasteiger partial charge in [0.05, 0.1) is 23.4 Å². The monoisotopic (exact) mass is 584 g/mol. The number of allylic oxidation sites excluding steroid dienone is 2. The van der Waals surface area contributed by atoms with Crippen LogP contribution in [0.4, 0.5) is 0 Å². The molecule has 1 aromatic heterocycles. The van der Waals surface area contributed by atoms with E-state index in [0.717, 1.165) is 63.5 Å². The molecule has 3 saturated carbocycles. The maximum Gasteiger partial charge on any atom is 0.310 e. The number of rotatable bonds is 4. The first-order valence-corrected chi connectivity index (χ1v) is 18.0. The van der Waals surface area contributed by atoms with E-state index >= 15 is 0 Å². The summed E-state index contributed by atoms with van der Waals surface area (Å²) in [5.41, 5.74) is 3.59. The van der Waals surface area contributed by atoms with Crippen LogP contribution >= 0.6 is 0 Å². The lowest BCUT2D eigenvalue weighted by Crippen LogP contribution is -2.64. The Kier molecular flexibility index (Phi) is 6.27. The molecule has 0 saturated heterocycles. The molecule has 7 heteroatoms. The number of sulfone groups is 1. The molecule has 1 N–H and O–H groups in total. The Balaban J connectivity index is 1.41. The van der Waals surface area contributed by atoms with E-state index in [0.29, 0.717) is 18.4 Å². The number of hydrogen-bond donors (Lipinski definition) is 1. The van der Waals surface area contributed by atoms with Crippen molar-refractivity contribution in [2.45, 2.75) is 118 Å². The van der Waals surface area contributed by atoms with E-state index < -0.39 is 21.2 Å². The second kappa shape index (κ2) is 8.72. The van der Waals surface area contributed by atoms with Crippen molar-refractivity contribution in [1.29, 1.82) is 0 Å². The molecular formula is C34H52N2O4S. The van der Waals surface area contributed by atoms with Gasteiger partial charge in [-0.3, -0.25) is 9.48 Å². The molecule has 228 valence electrons. The fraction of sp³-hybridized carbons (Fsp3) is 0.824. The van der Waals surface area contributed by atoms with Crippen LogP contribution in [0, 0.1) is 44.8 Å². The molecule has 1 heterocycles. The fourth-order valence-corrected chi connectivity index (χ4v) is 12.0. The van der Waals surface area contributed by atoms with E-state index in [4.69, 9.17) is 5.10 Å². The Morgan fingerprint density at radius 2 is 1.71 bits per heavy atom. The van der Waals surface area contributed by atoms with Gasteiger partial charge in [0, 0.05) is 17.9 Å². The molecule has 0 radical (unpaired) electrons. The molecule has 3 fully saturated rings. The Bertz CT molecular complexity index is 1420. The number of carbonyl (C=O) groups is 1. The van der Waals surface area contributed by atoms with E-state index in [1.54, 1.807) is 0 Å². The normalized spacial score (nSPS) is 42.5. The van der Waals surface area contributed by atoms with Crippen molar-refractivity contribution >= 4 is 15.8 Å². The summed E-state index contributed by atoms with van der Waals surface area (Å²) in [7, 11) is -3.06. The number of nitrogens with zero attached hydrogens (tertiary/aromatic N) is 2. The lowest BCUT2D eigenvalue weighted by molar-refractivity contribution is -0.177. The van der Waals surface area contributed by atoms with Crippen molar-refractivity contribution in [3.63, 3.8) is 0 Å². The minimum atomic E-state index is -3.06. The minimum absolute atomic E-state index is 0.00498. The SMILES string of the molecule is CC1(C)CC[C@]2(C(=O)O)CC[C@]3(C)C(=CC[C@@H]4[C@@]5(C)Cc6cn(CCS(C)(=O)=O)nc6C(C)(C)[C@@H]5CC[C@]43C)[C@@H]2C1. The van der Waals surface area contributed by atoms with Crippen LogP contribution in [0.2, 0.25) is 0 Å². The van der Waals surface area contributed by atoms with E-state index in [1.165, 1.54) is 17.4 Å². The predicted molar refractivity (Wildman–Crippen MR) is 162 cm³/mol. The lowest BCUT2D eigenvalue weighted by Gasteiger charge is -2.70. The predicted octanol–water partition coefficient (Wildman–Crippen LogP) is 6.83. The van der Waals surface area contributed by atoms with Gasteiger partial charge < -0.3 is 5.11 Å². The number of aliphatic carboxylic acids is 1. The van der Waals surface area contributed by atoms with E-state index in [1.807, 2.05) is 4.68 Å². The third-order valence-electron chi connectivity index (χ3n) is 13.9. The molecule has 6 rings (SSSR count). The van der Waals surface area contributed by atoms with Crippen molar-refractivity contribution < 1.29 is 18.3 Å². The van der Waals surface area contributed by atoms with Crippen LogP contribution in [0.15, 0.2) is 17.8 Å². The zero-order valence-corrected chi connectivity index (χ0v) is 27.5. The number of fused-ring (bicyclic) bond motifs is 8. The van der Waals surface area contributed by atoms with Crippen LogP contribution in [0.5, 0.6) is 0 Å². The largest absolute Gasteiger partial charge is 0.481 e. The highest BCUT2D eigenvalue weighted by Gasteiger charge is 2.69.